The van der Waals surface area contributed by atoms with Crippen molar-refractivity contribution in [1.29, 1.82) is 0 Å². The summed E-state index contributed by atoms with van der Waals surface area (Å²) >= 11 is 0. The first kappa shape index (κ1) is 28.7. The molecule has 0 atom stereocenters. The quantitative estimate of drug-likeness (QED) is 0.431. The summed E-state index contributed by atoms with van der Waals surface area (Å²) in [6, 6.07) is 0. The zero-order valence-electron chi connectivity index (χ0n) is 14.6. The minimum atomic E-state index is -1.19. The van der Waals surface area contributed by atoms with E-state index in [-0.39, 0.29) is 23.7 Å². The van der Waals surface area contributed by atoms with Gasteiger partial charge in [-0.2, -0.15) is 0 Å². The SMILES string of the molecule is C=C(C)C(=O)[O-].C=CC(=O)OCC.C=CC(=O)OCCCC.[NH4+]. The van der Waals surface area contributed by atoms with Crippen LogP contribution in [0.3, 0.4) is 0 Å². The summed E-state index contributed by atoms with van der Waals surface area (Å²) in [5, 5.41) is 9.49. The summed E-state index contributed by atoms with van der Waals surface area (Å²) in [6.45, 7) is 15.7. The van der Waals surface area contributed by atoms with Gasteiger partial charge < -0.3 is 25.5 Å². The van der Waals surface area contributed by atoms with Gasteiger partial charge in [-0.3, -0.25) is 0 Å². The summed E-state index contributed by atoms with van der Waals surface area (Å²) in [6.07, 6.45) is 4.29. The Morgan fingerprint density at radius 3 is 1.65 bits per heavy atom. The first-order chi connectivity index (χ1) is 10.3. The monoisotopic (exact) mass is 331 g/mol. The maximum absolute atomic E-state index is 10.3. The molecule has 0 aromatic rings. The number of esters is 2. The van der Waals surface area contributed by atoms with E-state index >= 15 is 0 Å². The lowest BCUT2D eigenvalue weighted by Gasteiger charge is -1.97. The average molecular weight is 331 g/mol. The number of ether oxygens (including phenoxy) is 2. The lowest BCUT2D eigenvalue weighted by molar-refractivity contribution is -0.299. The molecule has 7 heteroatoms. The van der Waals surface area contributed by atoms with Crippen LogP contribution in [0.2, 0.25) is 0 Å². The predicted molar refractivity (Wildman–Crippen MR) is 88.7 cm³/mol. The van der Waals surface area contributed by atoms with Crippen LogP contribution in [0.4, 0.5) is 0 Å². The first-order valence-corrected chi connectivity index (χ1v) is 6.71. The van der Waals surface area contributed by atoms with Crippen LogP contribution >= 0.6 is 0 Å². The van der Waals surface area contributed by atoms with Crippen LogP contribution in [-0.2, 0) is 23.9 Å². The Balaban J connectivity index is -0.000000118. The van der Waals surface area contributed by atoms with Crippen LogP contribution in [-0.4, -0.2) is 31.1 Å². The van der Waals surface area contributed by atoms with Gasteiger partial charge in [-0.25, -0.2) is 9.59 Å². The van der Waals surface area contributed by atoms with Crippen molar-refractivity contribution in [3.8, 4) is 0 Å². The molecule has 0 spiro atoms. The molecule has 0 rings (SSSR count). The van der Waals surface area contributed by atoms with Gasteiger partial charge in [-0.15, -0.1) is 0 Å². The van der Waals surface area contributed by atoms with Crippen LogP contribution in [0, 0.1) is 0 Å². The van der Waals surface area contributed by atoms with Crippen molar-refractivity contribution in [2.45, 2.75) is 33.6 Å². The Labute approximate surface area is 138 Å². The Bertz CT molecular complexity index is 365. The third kappa shape index (κ3) is 32.8. The van der Waals surface area contributed by atoms with E-state index in [1.54, 1.807) is 6.92 Å². The molecule has 0 aliphatic carbocycles. The van der Waals surface area contributed by atoms with Gasteiger partial charge >= 0.3 is 11.9 Å². The summed E-state index contributed by atoms with van der Waals surface area (Å²) in [4.78, 5) is 29.9. The highest BCUT2D eigenvalue weighted by Gasteiger charge is 1.91. The average Bonchev–Trinajstić information content (AvgIpc) is 2.48. The Kier molecular flexibility index (Phi) is 27.3. The van der Waals surface area contributed by atoms with Crippen LogP contribution in [0.5, 0.6) is 0 Å². The van der Waals surface area contributed by atoms with E-state index < -0.39 is 5.97 Å². The fourth-order valence-corrected chi connectivity index (χ4v) is 0.577. The topological polar surface area (TPSA) is 129 Å². The number of unbranched alkanes of at least 4 members (excludes halogenated alkanes) is 1. The molecule has 0 saturated carbocycles. The number of carbonyl (C=O) groups is 3. The molecule has 0 radical (unpaired) electrons. The maximum Gasteiger partial charge on any atom is 0.330 e. The molecule has 0 fully saturated rings. The van der Waals surface area contributed by atoms with Gasteiger partial charge in [0.1, 0.15) is 0 Å². The van der Waals surface area contributed by atoms with E-state index in [0.717, 1.165) is 18.9 Å². The summed E-state index contributed by atoms with van der Waals surface area (Å²) in [5.74, 6) is -1.87. The first-order valence-electron chi connectivity index (χ1n) is 6.71. The minimum absolute atomic E-state index is 0. The van der Waals surface area contributed by atoms with Crippen molar-refractivity contribution in [3.05, 3.63) is 37.5 Å². The zero-order valence-corrected chi connectivity index (χ0v) is 14.6. The predicted octanol–water partition coefficient (Wildman–Crippen LogP) is 1.94. The van der Waals surface area contributed by atoms with Crippen molar-refractivity contribution in [2.24, 2.45) is 0 Å². The number of aliphatic carboxylic acids is 1. The van der Waals surface area contributed by atoms with Gasteiger partial charge in [0.2, 0.25) is 0 Å². The summed E-state index contributed by atoms with van der Waals surface area (Å²) in [7, 11) is 0. The van der Waals surface area contributed by atoms with E-state index in [1.165, 1.54) is 13.0 Å². The van der Waals surface area contributed by atoms with Gasteiger partial charge in [0.05, 0.1) is 19.2 Å². The molecule has 134 valence electrons. The molecule has 23 heavy (non-hydrogen) atoms. The van der Waals surface area contributed by atoms with Crippen molar-refractivity contribution >= 4 is 17.9 Å². The van der Waals surface area contributed by atoms with Gasteiger partial charge in [0, 0.05) is 12.2 Å². The Morgan fingerprint density at radius 2 is 1.43 bits per heavy atom. The van der Waals surface area contributed by atoms with Crippen molar-refractivity contribution < 1.29 is 29.0 Å². The number of hydrogen-bond donors (Lipinski definition) is 1. The third-order valence-electron chi connectivity index (χ3n) is 1.71. The van der Waals surface area contributed by atoms with E-state index in [1.807, 2.05) is 6.92 Å². The number of carboxylic acid groups (broad SMARTS) is 1. The van der Waals surface area contributed by atoms with Gasteiger partial charge in [-0.05, 0) is 25.8 Å². The molecule has 0 aliphatic rings. The molecule has 0 amide bonds. The molecule has 0 saturated heterocycles. The molecule has 7 nitrogen and oxygen atoms in total. The van der Waals surface area contributed by atoms with E-state index in [9.17, 15) is 19.5 Å². The molecule has 4 N–H and O–H groups in total. The van der Waals surface area contributed by atoms with Crippen molar-refractivity contribution in [1.82, 2.24) is 6.15 Å². The van der Waals surface area contributed by atoms with Crippen molar-refractivity contribution in [3.63, 3.8) is 0 Å². The molecule has 0 bridgehead atoms. The lowest BCUT2D eigenvalue weighted by atomic mass is 10.4. The molecule has 0 aromatic heterocycles. The third-order valence-corrected chi connectivity index (χ3v) is 1.71. The standard InChI is InChI=1S/C7H12O2.C5H8O2.C4H6O2.H3N/c1-3-5-6-9-7(8)4-2;1-3-5(6)7-4-2;1-3(2)4(5)6;/h4H,2-3,5-6H2,1H3;3H,1,4H2,2H3;1H2,2H3,(H,5,6);1H3. The molecule has 0 aliphatic heterocycles. The highest BCUT2D eigenvalue weighted by atomic mass is 16.5. The minimum Gasteiger partial charge on any atom is -0.545 e. The summed E-state index contributed by atoms with van der Waals surface area (Å²) < 4.78 is 9.11. The number of carboxylic acids is 1. The fourth-order valence-electron chi connectivity index (χ4n) is 0.577. The maximum atomic E-state index is 10.3. The van der Waals surface area contributed by atoms with E-state index in [4.69, 9.17) is 0 Å². The normalized spacial score (nSPS) is 7.61. The number of hydrogen-bond acceptors (Lipinski definition) is 6. The molecule has 0 heterocycles. The van der Waals surface area contributed by atoms with Gasteiger partial charge in [-0.1, -0.05) is 33.1 Å². The van der Waals surface area contributed by atoms with E-state index in [0.29, 0.717) is 13.2 Å². The highest BCUT2D eigenvalue weighted by molar-refractivity contribution is 5.83. The largest absolute Gasteiger partial charge is 0.545 e. The second kappa shape index (κ2) is 21.9. The molecular formula is C16H29NO6. The van der Waals surface area contributed by atoms with Gasteiger partial charge in [0.25, 0.3) is 0 Å². The zero-order chi connectivity index (χ0) is 18.0. The van der Waals surface area contributed by atoms with E-state index in [2.05, 4.69) is 29.2 Å². The van der Waals surface area contributed by atoms with Crippen LogP contribution in [0.1, 0.15) is 33.6 Å². The number of rotatable bonds is 7. The second-order valence-electron chi connectivity index (χ2n) is 3.75. The lowest BCUT2D eigenvalue weighted by Crippen LogP contribution is -2.22. The van der Waals surface area contributed by atoms with Crippen LogP contribution in [0.15, 0.2) is 37.5 Å². The Morgan fingerprint density at radius 1 is 1.04 bits per heavy atom. The number of carbonyl (C=O) groups excluding carboxylic acids is 3. The van der Waals surface area contributed by atoms with Crippen LogP contribution < -0.4 is 11.3 Å². The van der Waals surface area contributed by atoms with Crippen molar-refractivity contribution in [2.75, 3.05) is 13.2 Å². The summed E-state index contributed by atoms with van der Waals surface area (Å²) in [5.41, 5.74) is 0.0648. The highest BCUT2D eigenvalue weighted by Crippen LogP contribution is 1.88. The smallest absolute Gasteiger partial charge is 0.330 e. The molecule has 0 unspecified atom stereocenters. The van der Waals surface area contributed by atoms with Gasteiger partial charge in [0.15, 0.2) is 0 Å². The number of quaternary nitrogens is 1. The second-order valence-corrected chi connectivity index (χ2v) is 3.75. The fraction of sp³-hybridized carbons (Fsp3) is 0.438. The molecule has 0 aromatic carbocycles. The van der Waals surface area contributed by atoms with Crippen LogP contribution in [0.25, 0.3) is 0 Å². The molecular weight excluding hydrogens is 302 g/mol. The Hall–Kier alpha value is -2.41.